The van der Waals surface area contributed by atoms with Crippen molar-refractivity contribution in [2.45, 2.75) is 45.3 Å². The Labute approximate surface area is 175 Å². The maximum atomic E-state index is 12.1. The zero-order chi connectivity index (χ0) is 22.2. The molecule has 2 aromatic heterocycles. The van der Waals surface area contributed by atoms with Gasteiger partial charge in [0.1, 0.15) is 12.7 Å². The monoisotopic (exact) mass is 488 g/mol. The van der Waals surface area contributed by atoms with Gasteiger partial charge in [-0.15, -0.1) is 0 Å². The lowest BCUT2D eigenvalue weighted by Gasteiger charge is -2.24. The van der Waals surface area contributed by atoms with Crippen molar-refractivity contribution in [2.75, 3.05) is 6.61 Å². The number of aromatic amines is 2. The molecule has 0 radical (unpaired) electrons. The molecule has 0 spiro atoms. The van der Waals surface area contributed by atoms with Crippen LogP contribution in [0.25, 0.3) is 11.2 Å². The number of imidazole rings is 1. The van der Waals surface area contributed by atoms with Crippen LogP contribution in [0.15, 0.2) is 14.3 Å². The summed E-state index contributed by atoms with van der Waals surface area (Å²) in [5.41, 5.74) is -1.67. The number of nitrogens with one attached hydrogen (secondary N) is 2. The van der Waals surface area contributed by atoms with Gasteiger partial charge in [0.2, 0.25) is 0 Å². The van der Waals surface area contributed by atoms with Gasteiger partial charge >= 0.3 is 23.6 Å². The minimum Gasteiger partial charge on any atom is -0.463 e. The third-order valence-electron chi connectivity index (χ3n) is 4.14. The first-order valence-electron chi connectivity index (χ1n) is 8.61. The van der Waals surface area contributed by atoms with E-state index in [1.165, 1.54) is 11.5 Å². The average molecular weight is 489 g/mol. The summed E-state index contributed by atoms with van der Waals surface area (Å²) >= 11 is 3.19. The number of halogens is 1. The molecule has 13 nitrogen and oxygen atoms in total. The number of hydrogen-bond acceptors (Lipinski definition) is 10. The van der Waals surface area contributed by atoms with E-state index in [1.54, 1.807) is 0 Å². The van der Waals surface area contributed by atoms with E-state index in [4.69, 9.17) is 18.9 Å². The Hall–Kier alpha value is -3.00. The average Bonchev–Trinajstić information content (AvgIpc) is 3.10. The van der Waals surface area contributed by atoms with Crippen LogP contribution in [0.1, 0.15) is 27.0 Å². The number of rotatable bonds is 5. The summed E-state index contributed by atoms with van der Waals surface area (Å²) in [6.45, 7) is 3.19. The maximum absolute atomic E-state index is 12.1. The molecule has 4 atom stereocenters. The summed E-state index contributed by atoms with van der Waals surface area (Å²) in [5.74, 6) is -1.99. The molecule has 0 aliphatic carbocycles. The molecular formula is C16H17BrN4O9. The van der Waals surface area contributed by atoms with Crippen LogP contribution in [0, 0.1) is 0 Å². The molecule has 3 rings (SSSR count). The largest absolute Gasteiger partial charge is 0.463 e. The van der Waals surface area contributed by atoms with Crippen molar-refractivity contribution in [2.24, 2.45) is 0 Å². The Balaban J connectivity index is 2.12. The van der Waals surface area contributed by atoms with E-state index in [0.29, 0.717) is 0 Å². The van der Waals surface area contributed by atoms with Crippen molar-refractivity contribution in [1.82, 2.24) is 19.5 Å². The standard InChI is InChI=1S/C16H17BrN4O9/c1-5(22)27-4-8-10(28-6(2)23)11(29-7(3)24)14(30-8)21-12-9(18-15(21)17)13(25)20-16(26)19-12/h8,10-11,14H,4H2,1-3H3,(H2,19,20,25,26). The van der Waals surface area contributed by atoms with Gasteiger partial charge < -0.3 is 18.9 Å². The highest BCUT2D eigenvalue weighted by molar-refractivity contribution is 9.10. The molecule has 162 valence electrons. The van der Waals surface area contributed by atoms with Crippen LogP contribution in [-0.4, -0.2) is 62.3 Å². The molecule has 2 N–H and O–H groups in total. The number of aromatic nitrogens is 4. The van der Waals surface area contributed by atoms with Crippen LogP contribution in [0.3, 0.4) is 0 Å². The molecule has 1 fully saturated rings. The molecular weight excluding hydrogens is 472 g/mol. The third kappa shape index (κ3) is 4.28. The SMILES string of the molecule is CC(=O)OCC1OC(n2c(Br)nc3c(=O)[nH]c(=O)[nH]c32)C(OC(C)=O)C1OC(C)=O. The second-order valence-electron chi connectivity index (χ2n) is 6.37. The molecule has 14 heteroatoms. The number of H-pyrrole nitrogens is 2. The van der Waals surface area contributed by atoms with Crippen molar-refractivity contribution in [1.29, 1.82) is 0 Å². The second-order valence-corrected chi connectivity index (χ2v) is 7.08. The Morgan fingerprint density at radius 3 is 2.30 bits per heavy atom. The minimum atomic E-state index is -1.21. The van der Waals surface area contributed by atoms with Gasteiger partial charge in [-0.2, -0.15) is 0 Å². The highest BCUT2D eigenvalue weighted by Crippen LogP contribution is 2.37. The number of esters is 3. The Morgan fingerprint density at radius 1 is 1.07 bits per heavy atom. The van der Waals surface area contributed by atoms with Crippen LogP contribution in [-0.2, 0) is 33.3 Å². The molecule has 0 saturated carbocycles. The molecule has 3 heterocycles. The van der Waals surface area contributed by atoms with E-state index >= 15 is 0 Å². The minimum absolute atomic E-state index is 0.0208. The highest BCUT2D eigenvalue weighted by Gasteiger charge is 2.51. The van der Waals surface area contributed by atoms with Crippen LogP contribution < -0.4 is 11.2 Å². The maximum Gasteiger partial charge on any atom is 0.327 e. The summed E-state index contributed by atoms with van der Waals surface area (Å²) in [6.07, 6.45) is -4.54. The molecule has 0 amide bonds. The van der Waals surface area contributed by atoms with Gasteiger partial charge in [-0.25, -0.2) is 9.78 Å². The van der Waals surface area contributed by atoms with E-state index in [0.717, 1.165) is 13.8 Å². The second kappa shape index (κ2) is 8.39. The van der Waals surface area contributed by atoms with Crippen molar-refractivity contribution in [3.8, 4) is 0 Å². The Bertz CT molecular complexity index is 1120. The number of nitrogens with zero attached hydrogens (tertiary/aromatic N) is 2. The fourth-order valence-corrected chi connectivity index (χ4v) is 3.67. The first kappa shape index (κ1) is 21.7. The Morgan fingerprint density at radius 2 is 1.70 bits per heavy atom. The first-order valence-corrected chi connectivity index (χ1v) is 9.41. The van der Waals surface area contributed by atoms with Crippen LogP contribution in [0.4, 0.5) is 0 Å². The van der Waals surface area contributed by atoms with Gasteiger partial charge in [0.15, 0.2) is 34.3 Å². The topological polar surface area (TPSA) is 172 Å². The predicted octanol–water partition coefficient (Wildman–Crippen LogP) is -0.501. The van der Waals surface area contributed by atoms with Crippen molar-refractivity contribution >= 4 is 45.0 Å². The van der Waals surface area contributed by atoms with Gasteiger partial charge in [-0.1, -0.05) is 0 Å². The number of fused-ring (bicyclic) bond motifs is 1. The van der Waals surface area contributed by atoms with E-state index in [-0.39, 0.29) is 22.5 Å². The fraction of sp³-hybridized carbons (Fsp3) is 0.500. The number of carbonyl (C=O) groups excluding carboxylic acids is 3. The van der Waals surface area contributed by atoms with Gasteiger partial charge in [-0.05, 0) is 15.9 Å². The summed E-state index contributed by atoms with van der Waals surface area (Å²) in [5, 5.41) is 0. The van der Waals surface area contributed by atoms with E-state index in [9.17, 15) is 24.0 Å². The van der Waals surface area contributed by atoms with Gasteiger partial charge in [-0.3, -0.25) is 33.7 Å². The molecule has 2 aromatic rings. The normalized spacial score (nSPS) is 23.3. The molecule has 1 aliphatic heterocycles. The summed E-state index contributed by atoms with van der Waals surface area (Å²) in [4.78, 5) is 67.0. The third-order valence-corrected chi connectivity index (χ3v) is 4.70. The van der Waals surface area contributed by atoms with Gasteiger partial charge in [0, 0.05) is 20.8 Å². The quantitative estimate of drug-likeness (QED) is 0.317. The lowest BCUT2D eigenvalue weighted by atomic mass is 10.1. The number of carbonyl (C=O) groups is 3. The van der Waals surface area contributed by atoms with Crippen molar-refractivity contribution in [3.63, 3.8) is 0 Å². The first-order chi connectivity index (χ1) is 14.1. The molecule has 1 saturated heterocycles. The smallest absolute Gasteiger partial charge is 0.327 e. The molecule has 0 bridgehead atoms. The number of hydrogen-bond donors (Lipinski definition) is 2. The molecule has 1 aliphatic rings. The van der Waals surface area contributed by atoms with Crippen LogP contribution in [0.5, 0.6) is 0 Å². The lowest BCUT2D eigenvalue weighted by molar-refractivity contribution is -0.166. The molecule has 4 unspecified atom stereocenters. The number of ether oxygens (including phenoxy) is 4. The zero-order valence-electron chi connectivity index (χ0n) is 16.0. The highest BCUT2D eigenvalue weighted by atomic mass is 79.9. The Kier molecular flexibility index (Phi) is 6.07. The van der Waals surface area contributed by atoms with E-state index in [1.807, 2.05) is 4.98 Å². The fourth-order valence-electron chi connectivity index (χ4n) is 3.12. The van der Waals surface area contributed by atoms with Crippen LogP contribution in [0.2, 0.25) is 0 Å². The molecule has 0 aromatic carbocycles. The van der Waals surface area contributed by atoms with Gasteiger partial charge in [0.05, 0.1) is 0 Å². The summed E-state index contributed by atoms with van der Waals surface area (Å²) < 4.78 is 22.8. The summed E-state index contributed by atoms with van der Waals surface area (Å²) in [6, 6.07) is 0. The lowest BCUT2D eigenvalue weighted by Crippen LogP contribution is -2.40. The van der Waals surface area contributed by atoms with Crippen LogP contribution >= 0.6 is 15.9 Å². The van der Waals surface area contributed by atoms with Gasteiger partial charge in [0.25, 0.3) is 5.56 Å². The van der Waals surface area contributed by atoms with E-state index < -0.39 is 53.7 Å². The predicted molar refractivity (Wildman–Crippen MR) is 100 cm³/mol. The van der Waals surface area contributed by atoms with Crippen molar-refractivity contribution < 1.29 is 33.3 Å². The zero-order valence-corrected chi connectivity index (χ0v) is 17.5. The molecule has 30 heavy (non-hydrogen) atoms. The van der Waals surface area contributed by atoms with E-state index in [2.05, 4.69) is 25.9 Å². The summed E-state index contributed by atoms with van der Waals surface area (Å²) in [7, 11) is 0. The van der Waals surface area contributed by atoms with Crippen molar-refractivity contribution in [3.05, 3.63) is 25.6 Å².